The van der Waals surface area contributed by atoms with Crippen LogP contribution in [-0.2, 0) is 4.79 Å². The van der Waals surface area contributed by atoms with Crippen LogP contribution in [0.3, 0.4) is 0 Å². The van der Waals surface area contributed by atoms with Crippen LogP contribution < -0.4 is 22.1 Å². The molecule has 1 amide bonds. The molecule has 0 aromatic heterocycles. The predicted octanol–water partition coefficient (Wildman–Crippen LogP) is -2.41. The molecule has 1 atom stereocenters. The smallest absolute Gasteiger partial charge is 0.244 e. The van der Waals surface area contributed by atoms with Gasteiger partial charge in [-0.05, 0) is 0 Å². The second-order valence-corrected chi connectivity index (χ2v) is 2.25. The highest BCUT2D eigenvalue weighted by molar-refractivity contribution is 6.04. The molecule has 1 unspecified atom stereocenters. The van der Waals surface area contributed by atoms with Crippen molar-refractivity contribution < 1.29 is 4.79 Å². The van der Waals surface area contributed by atoms with Gasteiger partial charge in [0.15, 0.2) is 0 Å². The molecule has 7 N–H and O–H groups in total. The SMILES string of the molecule is CNC(=O)C(NCCN)C(=N)N. The largest absolute Gasteiger partial charge is 0.386 e. The molecule has 0 fully saturated rings. The molecule has 0 aliphatic carbocycles. The van der Waals surface area contributed by atoms with E-state index < -0.39 is 6.04 Å². The number of rotatable bonds is 5. The van der Waals surface area contributed by atoms with Crippen LogP contribution >= 0.6 is 0 Å². The summed E-state index contributed by atoms with van der Waals surface area (Å²) >= 11 is 0. The first-order valence-electron chi connectivity index (χ1n) is 3.62. The summed E-state index contributed by atoms with van der Waals surface area (Å²) in [6, 6.07) is -0.765. The molecule has 0 saturated carbocycles. The van der Waals surface area contributed by atoms with Crippen LogP contribution in [0.15, 0.2) is 0 Å². The zero-order valence-corrected chi connectivity index (χ0v) is 7.05. The maximum Gasteiger partial charge on any atom is 0.244 e. The lowest BCUT2D eigenvalue weighted by Gasteiger charge is -2.14. The number of amides is 1. The number of carbonyl (C=O) groups is 1. The average molecular weight is 173 g/mol. The van der Waals surface area contributed by atoms with Gasteiger partial charge in [-0.1, -0.05) is 0 Å². The fourth-order valence-electron chi connectivity index (χ4n) is 0.716. The molecule has 6 heteroatoms. The summed E-state index contributed by atoms with van der Waals surface area (Å²) in [6.45, 7) is 0.860. The fraction of sp³-hybridized carbons (Fsp3) is 0.667. The molecule has 12 heavy (non-hydrogen) atoms. The molecule has 0 aromatic rings. The third kappa shape index (κ3) is 3.31. The number of nitrogens with two attached hydrogens (primary N) is 2. The number of hydrogen-bond acceptors (Lipinski definition) is 4. The lowest BCUT2D eigenvalue weighted by molar-refractivity contribution is -0.121. The first kappa shape index (κ1) is 10.9. The van der Waals surface area contributed by atoms with Gasteiger partial charge in [0.05, 0.1) is 0 Å². The normalized spacial score (nSPS) is 12.2. The standard InChI is InChI=1S/C6H15N5O/c1-10-6(12)4(5(8)9)11-3-2-7/h4,11H,2-3,7H2,1H3,(H3,8,9)(H,10,12). The van der Waals surface area contributed by atoms with Gasteiger partial charge >= 0.3 is 0 Å². The topological polar surface area (TPSA) is 117 Å². The lowest BCUT2D eigenvalue weighted by atomic mass is 10.2. The maximum atomic E-state index is 11.0. The van der Waals surface area contributed by atoms with Crippen molar-refractivity contribution in [1.82, 2.24) is 10.6 Å². The molecule has 0 aliphatic heterocycles. The fourth-order valence-corrected chi connectivity index (χ4v) is 0.716. The van der Waals surface area contributed by atoms with Gasteiger partial charge in [-0.2, -0.15) is 0 Å². The summed E-state index contributed by atoms with van der Waals surface area (Å²) in [4.78, 5) is 11.0. The first-order valence-corrected chi connectivity index (χ1v) is 3.62. The zero-order valence-electron chi connectivity index (χ0n) is 7.05. The van der Waals surface area contributed by atoms with Gasteiger partial charge in [0.1, 0.15) is 11.9 Å². The van der Waals surface area contributed by atoms with Gasteiger partial charge in [-0.15, -0.1) is 0 Å². The van der Waals surface area contributed by atoms with Crippen molar-refractivity contribution in [2.45, 2.75) is 6.04 Å². The Hall–Kier alpha value is -1.14. The molecule has 0 heterocycles. The van der Waals surface area contributed by atoms with Crippen molar-refractivity contribution in [3.05, 3.63) is 0 Å². The molecule has 70 valence electrons. The van der Waals surface area contributed by atoms with Crippen molar-refractivity contribution in [2.75, 3.05) is 20.1 Å². The summed E-state index contributed by atoms with van der Waals surface area (Å²) in [5.41, 5.74) is 10.4. The molecule has 0 aliphatic rings. The molecule has 0 aromatic carbocycles. The van der Waals surface area contributed by atoms with Crippen molar-refractivity contribution in [1.29, 1.82) is 5.41 Å². The van der Waals surface area contributed by atoms with Crippen LogP contribution in [0, 0.1) is 5.41 Å². The second kappa shape index (κ2) is 5.50. The van der Waals surface area contributed by atoms with Crippen molar-refractivity contribution in [2.24, 2.45) is 11.5 Å². The van der Waals surface area contributed by atoms with Crippen LogP contribution in [-0.4, -0.2) is 37.9 Å². The van der Waals surface area contributed by atoms with E-state index in [1.807, 2.05) is 0 Å². The highest BCUT2D eigenvalue weighted by atomic mass is 16.2. The quantitative estimate of drug-likeness (QED) is 0.235. The van der Waals surface area contributed by atoms with E-state index in [4.69, 9.17) is 16.9 Å². The number of amidine groups is 1. The van der Waals surface area contributed by atoms with E-state index in [0.29, 0.717) is 13.1 Å². The number of nitrogens with one attached hydrogen (secondary N) is 3. The van der Waals surface area contributed by atoms with Crippen LogP contribution in [0.25, 0.3) is 0 Å². The molecule has 0 rings (SSSR count). The highest BCUT2D eigenvalue weighted by Crippen LogP contribution is 1.81. The highest BCUT2D eigenvalue weighted by Gasteiger charge is 2.18. The van der Waals surface area contributed by atoms with Crippen molar-refractivity contribution >= 4 is 11.7 Å². The molecule has 0 saturated heterocycles. The van der Waals surface area contributed by atoms with E-state index in [1.165, 1.54) is 7.05 Å². The van der Waals surface area contributed by atoms with Crippen molar-refractivity contribution in [3.8, 4) is 0 Å². The van der Waals surface area contributed by atoms with E-state index in [1.54, 1.807) is 0 Å². The predicted molar refractivity (Wildman–Crippen MR) is 46.8 cm³/mol. The molecule has 6 nitrogen and oxygen atoms in total. The minimum absolute atomic E-state index is 0.206. The molecule has 0 spiro atoms. The summed E-state index contributed by atoms with van der Waals surface area (Å²) < 4.78 is 0. The number of hydrogen-bond donors (Lipinski definition) is 5. The van der Waals surface area contributed by atoms with Gasteiger partial charge in [0.2, 0.25) is 5.91 Å². The minimum Gasteiger partial charge on any atom is -0.386 e. The van der Waals surface area contributed by atoms with Crippen LogP contribution in [0.2, 0.25) is 0 Å². The van der Waals surface area contributed by atoms with Gasteiger partial charge in [0.25, 0.3) is 0 Å². The van der Waals surface area contributed by atoms with Crippen molar-refractivity contribution in [3.63, 3.8) is 0 Å². The number of carbonyl (C=O) groups excluding carboxylic acids is 1. The third-order valence-corrected chi connectivity index (χ3v) is 1.31. The van der Waals surface area contributed by atoms with E-state index >= 15 is 0 Å². The Labute approximate surface area is 71.2 Å². The minimum atomic E-state index is -0.765. The van der Waals surface area contributed by atoms with Crippen LogP contribution in [0.1, 0.15) is 0 Å². The van der Waals surface area contributed by atoms with Gasteiger partial charge < -0.3 is 16.8 Å². The van der Waals surface area contributed by atoms with Crippen LogP contribution in [0.5, 0.6) is 0 Å². The monoisotopic (exact) mass is 173 g/mol. The van der Waals surface area contributed by atoms with Gasteiger partial charge in [-0.3, -0.25) is 15.5 Å². The van der Waals surface area contributed by atoms with Gasteiger partial charge in [-0.25, -0.2) is 0 Å². The Bertz CT molecular complexity index is 169. The number of likely N-dealkylation sites (N-methyl/N-ethyl adjacent to an activating group) is 1. The molecule has 0 radical (unpaired) electrons. The summed E-state index contributed by atoms with van der Waals surface area (Å²) in [6.07, 6.45) is 0. The average Bonchev–Trinajstić information content (AvgIpc) is 2.04. The van der Waals surface area contributed by atoms with E-state index in [-0.39, 0.29) is 11.7 Å². The Kier molecular flexibility index (Phi) is 4.98. The Morgan fingerprint density at radius 1 is 1.67 bits per heavy atom. The molecular formula is C6H15N5O. The molecular weight excluding hydrogens is 158 g/mol. The van der Waals surface area contributed by atoms with E-state index in [9.17, 15) is 4.79 Å². The lowest BCUT2D eigenvalue weighted by Crippen LogP contribution is -2.52. The summed E-state index contributed by atoms with van der Waals surface area (Å²) in [5.74, 6) is -0.529. The Balaban J connectivity index is 4.04. The second-order valence-electron chi connectivity index (χ2n) is 2.25. The van der Waals surface area contributed by atoms with E-state index in [0.717, 1.165) is 0 Å². The Morgan fingerprint density at radius 2 is 2.25 bits per heavy atom. The summed E-state index contributed by atoms with van der Waals surface area (Å²) in [7, 11) is 1.49. The Morgan fingerprint density at radius 3 is 2.58 bits per heavy atom. The summed E-state index contributed by atoms with van der Waals surface area (Å²) in [5, 5.41) is 12.2. The maximum absolute atomic E-state index is 11.0. The zero-order chi connectivity index (χ0) is 9.56. The first-order chi connectivity index (χ1) is 5.63. The van der Waals surface area contributed by atoms with Crippen LogP contribution in [0.4, 0.5) is 0 Å². The molecule has 0 bridgehead atoms. The third-order valence-electron chi connectivity index (χ3n) is 1.31. The van der Waals surface area contributed by atoms with Gasteiger partial charge in [0, 0.05) is 20.1 Å². The van der Waals surface area contributed by atoms with E-state index in [2.05, 4.69) is 10.6 Å².